The van der Waals surface area contributed by atoms with Gasteiger partial charge in [0.25, 0.3) is 0 Å². The fourth-order valence-corrected chi connectivity index (χ4v) is 2.89. The van der Waals surface area contributed by atoms with Gasteiger partial charge in [-0.05, 0) is 44.1 Å². The van der Waals surface area contributed by atoms with E-state index in [2.05, 4.69) is 18.5 Å². The molecule has 0 unspecified atom stereocenters. The molecule has 0 atom stereocenters. The predicted molar refractivity (Wildman–Crippen MR) is 87.2 cm³/mol. The molecule has 1 N–H and O–H groups in total. The number of aliphatic imine (C=N–C) groups is 1. The molecule has 0 aliphatic carbocycles. The highest BCUT2D eigenvalue weighted by Gasteiger charge is 2.25. The Bertz CT molecular complexity index is 622. The van der Waals surface area contributed by atoms with E-state index >= 15 is 0 Å². The first-order valence-electron chi connectivity index (χ1n) is 7.39. The molecule has 3 rings (SSSR count). The fourth-order valence-electron chi connectivity index (χ4n) is 2.89. The molecule has 3 heteroatoms. The number of rotatable bonds is 3. The van der Waals surface area contributed by atoms with Crippen molar-refractivity contribution < 1.29 is 4.74 Å². The highest BCUT2D eigenvalue weighted by atomic mass is 16.5. The van der Waals surface area contributed by atoms with Crippen molar-refractivity contribution in [2.24, 2.45) is 10.9 Å². The van der Waals surface area contributed by atoms with Crippen molar-refractivity contribution in [2.75, 3.05) is 13.1 Å². The second-order valence-corrected chi connectivity index (χ2v) is 5.28. The van der Waals surface area contributed by atoms with E-state index in [9.17, 15) is 0 Å². The highest BCUT2D eigenvalue weighted by Crippen LogP contribution is 2.35. The van der Waals surface area contributed by atoms with Crippen LogP contribution in [0.15, 0.2) is 65.9 Å². The predicted octanol–water partition coefficient (Wildman–Crippen LogP) is 3.78. The SMILES string of the molecule is C=CC1=C(C=C)C(C2CCNCC2)=Nc2ccccc2O1. The fraction of sp³-hybridized carbons (Fsp3) is 0.278. The van der Waals surface area contributed by atoms with Gasteiger partial charge in [-0.3, -0.25) is 0 Å². The summed E-state index contributed by atoms with van der Waals surface area (Å²) in [6, 6.07) is 7.87. The minimum atomic E-state index is 0.434. The Morgan fingerprint density at radius 2 is 1.90 bits per heavy atom. The number of nitrogens with zero attached hydrogens (tertiary/aromatic N) is 1. The van der Waals surface area contributed by atoms with Crippen LogP contribution < -0.4 is 10.1 Å². The summed E-state index contributed by atoms with van der Waals surface area (Å²) in [6.07, 6.45) is 5.75. The van der Waals surface area contributed by atoms with Crippen molar-refractivity contribution in [2.45, 2.75) is 12.8 Å². The number of fused-ring (bicyclic) bond motifs is 1. The third kappa shape index (κ3) is 2.69. The van der Waals surface area contributed by atoms with Gasteiger partial charge < -0.3 is 10.1 Å². The number of nitrogens with one attached hydrogen (secondary N) is 1. The van der Waals surface area contributed by atoms with E-state index in [0.29, 0.717) is 5.92 Å². The summed E-state index contributed by atoms with van der Waals surface area (Å²) in [5, 5.41) is 3.40. The minimum Gasteiger partial charge on any atom is -0.454 e. The van der Waals surface area contributed by atoms with Gasteiger partial charge in [-0.2, -0.15) is 0 Å². The normalized spacial score (nSPS) is 19.1. The molecular weight excluding hydrogens is 260 g/mol. The van der Waals surface area contributed by atoms with E-state index in [4.69, 9.17) is 9.73 Å². The quantitative estimate of drug-likeness (QED) is 0.914. The second-order valence-electron chi connectivity index (χ2n) is 5.28. The third-order valence-corrected chi connectivity index (χ3v) is 3.98. The molecule has 0 radical (unpaired) electrons. The van der Waals surface area contributed by atoms with Gasteiger partial charge in [-0.25, -0.2) is 4.99 Å². The van der Waals surface area contributed by atoms with Crippen LogP contribution in [0.1, 0.15) is 12.8 Å². The molecular formula is C18H20N2O. The molecule has 0 aromatic heterocycles. The molecule has 0 bridgehead atoms. The zero-order chi connectivity index (χ0) is 14.7. The highest BCUT2D eigenvalue weighted by molar-refractivity contribution is 6.07. The van der Waals surface area contributed by atoms with Crippen molar-refractivity contribution >= 4 is 11.4 Å². The molecule has 0 amide bonds. The maximum atomic E-state index is 5.99. The Kier molecular flexibility index (Phi) is 4.02. The van der Waals surface area contributed by atoms with Crippen LogP contribution in [0.5, 0.6) is 5.75 Å². The van der Waals surface area contributed by atoms with Gasteiger partial charge in [0.1, 0.15) is 11.4 Å². The van der Waals surface area contributed by atoms with Gasteiger partial charge in [-0.1, -0.05) is 31.4 Å². The lowest BCUT2D eigenvalue weighted by Gasteiger charge is -2.24. The molecule has 0 spiro atoms. The zero-order valence-electron chi connectivity index (χ0n) is 12.1. The van der Waals surface area contributed by atoms with E-state index in [1.54, 1.807) is 6.08 Å². The molecule has 3 nitrogen and oxygen atoms in total. The van der Waals surface area contributed by atoms with Gasteiger partial charge in [0.15, 0.2) is 5.75 Å². The molecule has 2 heterocycles. The number of piperidine rings is 1. The van der Waals surface area contributed by atoms with Gasteiger partial charge in [-0.15, -0.1) is 0 Å². The van der Waals surface area contributed by atoms with Crippen LogP contribution in [-0.4, -0.2) is 18.8 Å². The molecule has 2 aliphatic rings. The molecule has 1 aromatic rings. The Balaban J connectivity index is 2.12. The molecule has 1 fully saturated rings. The van der Waals surface area contributed by atoms with E-state index in [1.807, 2.05) is 30.3 Å². The van der Waals surface area contributed by atoms with Crippen LogP contribution in [0.4, 0.5) is 5.69 Å². The smallest absolute Gasteiger partial charge is 0.153 e. The summed E-state index contributed by atoms with van der Waals surface area (Å²) in [7, 11) is 0. The average Bonchev–Trinajstić information content (AvgIpc) is 2.71. The minimum absolute atomic E-state index is 0.434. The van der Waals surface area contributed by atoms with Gasteiger partial charge in [0.2, 0.25) is 0 Å². The van der Waals surface area contributed by atoms with Crippen LogP contribution in [0.3, 0.4) is 0 Å². The van der Waals surface area contributed by atoms with Crippen molar-refractivity contribution in [3.05, 3.63) is 60.9 Å². The van der Waals surface area contributed by atoms with Crippen LogP contribution >= 0.6 is 0 Å². The van der Waals surface area contributed by atoms with E-state index in [1.165, 1.54) is 0 Å². The number of benzene rings is 1. The number of allylic oxidation sites excluding steroid dienone is 3. The van der Waals surface area contributed by atoms with E-state index in [0.717, 1.165) is 54.4 Å². The van der Waals surface area contributed by atoms with Crippen LogP contribution in [0.2, 0.25) is 0 Å². The standard InChI is InChI=1S/C18H20N2O/c1-3-14-16(4-2)21-17-8-6-5-7-15(17)20-18(14)13-9-11-19-12-10-13/h3-8,13,19H,1-2,9-12H2. The summed E-state index contributed by atoms with van der Waals surface area (Å²) < 4.78 is 5.99. The lowest BCUT2D eigenvalue weighted by atomic mass is 9.88. The van der Waals surface area contributed by atoms with Crippen molar-refractivity contribution in [1.29, 1.82) is 0 Å². The summed E-state index contributed by atoms with van der Waals surface area (Å²) in [5.41, 5.74) is 2.92. The first kappa shape index (κ1) is 13.8. The Morgan fingerprint density at radius 3 is 2.62 bits per heavy atom. The lowest BCUT2D eigenvalue weighted by Crippen LogP contribution is -2.32. The maximum absolute atomic E-state index is 5.99. The number of hydrogen-bond donors (Lipinski definition) is 1. The average molecular weight is 280 g/mol. The summed E-state index contributed by atoms with van der Waals surface area (Å²) >= 11 is 0. The van der Waals surface area contributed by atoms with Gasteiger partial charge in [0.05, 0.1) is 5.71 Å². The molecule has 2 aliphatic heterocycles. The Labute approximate surface area is 125 Å². The monoisotopic (exact) mass is 280 g/mol. The third-order valence-electron chi connectivity index (χ3n) is 3.98. The second kappa shape index (κ2) is 6.10. The summed E-state index contributed by atoms with van der Waals surface area (Å²) in [6.45, 7) is 9.88. The van der Waals surface area contributed by atoms with Crippen LogP contribution in [0.25, 0.3) is 0 Å². The topological polar surface area (TPSA) is 33.6 Å². The number of para-hydroxylation sites is 2. The van der Waals surface area contributed by atoms with Crippen LogP contribution in [-0.2, 0) is 0 Å². The largest absolute Gasteiger partial charge is 0.454 e. The van der Waals surface area contributed by atoms with Crippen molar-refractivity contribution in [3.63, 3.8) is 0 Å². The molecule has 21 heavy (non-hydrogen) atoms. The summed E-state index contributed by atoms with van der Waals surface area (Å²) in [5.74, 6) is 1.95. The lowest BCUT2D eigenvalue weighted by molar-refractivity contribution is 0.442. The zero-order valence-corrected chi connectivity index (χ0v) is 12.1. The molecule has 1 aromatic carbocycles. The van der Waals surface area contributed by atoms with Crippen LogP contribution in [0, 0.1) is 5.92 Å². The maximum Gasteiger partial charge on any atom is 0.153 e. The summed E-state index contributed by atoms with van der Waals surface area (Å²) in [4.78, 5) is 4.90. The van der Waals surface area contributed by atoms with Crippen molar-refractivity contribution in [3.8, 4) is 5.75 Å². The number of hydrogen-bond acceptors (Lipinski definition) is 3. The Morgan fingerprint density at radius 1 is 1.14 bits per heavy atom. The van der Waals surface area contributed by atoms with Crippen molar-refractivity contribution in [1.82, 2.24) is 5.32 Å². The van der Waals surface area contributed by atoms with E-state index in [-0.39, 0.29) is 0 Å². The van der Waals surface area contributed by atoms with E-state index < -0.39 is 0 Å². The Hall–Kier alpha value is -2.13. The molecule has 108 valence electrons. The molecule has 0 saturated carbocycles. The molecule has 1 saturated heterocycles. The first-order valence-corrected chi connectivity index (χ1v) is 7.39. The van der Waals surface area contributed by atoms with Gasteiger partial charge in [0, 0.05) is 11.5 Å². The van der Waals surface area contributed by atoms with Gasteiger partial charge >= 0.3 is 0 Å². The number of ether oxygens (including phenoxy) is 1. The first-order chi connectivity index (χ1) is 10.3.